The summed E-state index contributed by atoms with van der Waals surface area (Å²) >= 11 is 1.89. The number of nitrogens with zero attached hydrogens (tertiary/aromatic N) is 1. The van der Waals surface area contributed by atoms with Gasteiger partial charge in [0, 0.05) is 36.9 Å². The molecule has 0 bridgehead atoms. The van der Waals surface area contributed by atoms with Gasteiger partial charge >= 0.3 is 0 Å². The van der Waals surface area contributed by atoms with Crippen molar-refractivity contribution in [2.24, 2.45) is 0 Å². The number of aryl methyl sites for hydroxylation is 1. The number of anilines is 3. The van der Waals surface area contributed by atoms with Crippen LogP contribution in [0.2, 0.25) is 0 Å². The number of hydrogen-bond donors (Lipinski definition) is 0. The Balaban J connectivity index is 1.60. The van der Waals surface area contributed by atoms with Crippen molar-refractivity contribution < 1.29 is 0 Å². The van der Waals surface area contributed by atoms with Crippen LogP contribution in [-0.4, -0.2) is 0 Å². The molecule has 0 aliphatic rings. The second-order valence-electron chi connectivity index (χ2n) is 9.12. The lowest BCUT2D eigenvalue weighted by atomic mass is 9.99. The summed E-state index contributed by atoms with van der Waals surface area (Å²) in [5, 5.41) is 7.84. The molecule has 0 fully saturated rings. The Hall–Kier alpha value is -4.14. The number of thiophene rings is 1. The summed E-state index contributed by atoms with van der Waals surface area (Å²) in [5.41, 5.74) is 4.80. The Kier molecular flexibility index (Phi) is 4.61. The largest absolute Gasteiger partial charge is 0.310 e. The maximum atomic E-state index is 2.40. The average molecular weight is 466 g/mol. The molecule has 166 valence electrons. The predicted molar refractivity (Wildman–Crippen MR) is 154 cm³/mol. The van der Waals surface area contributed by atoms with Crippen LogP contribution in [0.4, 0.5) is 17.1 Å². The molecule has 0 amide bonds. The first-order valence-corrected chi connectivity index (χ1v) is 12.8. The van der Waals surface area contributed by atoms with E-state index in [9.17, 15) is 0 Å². The van der Waals surface area contributed by atoms with Gasteiger partial charge in [-0.05, 0) is 71.1 Å². The summed E-state index contributed by atoms with van der Waals surface area (Å²) in [6.45, 7) is 2.16. The molecule has 0 aliphatic carbocycles. The molecule has 0 saturated carbocycles. The molecule has 1 heterocycles. The highest BCUT2D eigenvalue weighted by molar-refractivity contribution is 7.26. The van der Waals surface area contributed by atoms with Crippen molar-refractivity contribution in [3.8, 4) is 0 Å². The van der Waals surface area contributed by atoms with Gasteiger partial charge in [0.25, 0.3) is 0 Å². The first kappa shape index (κ1) is 20.3. The normalized spacial score (nSPS) is 11.6. The number of fused-ring (bicyclic) bond motifs is 6. The van der Waals surface area contributed by atoms with E-state index in [-0.39, 0.29) is 0 Å². The third-order valence-corrected chi connectivity index (χ3v) is 7.94. The first-order valence-electron chi connectivity index (χ1n) is 11.9. The highest BCUT2D eigenvalue weighted by Crippen LogP contribution is 2.46. The van der Waals surface area contributed by atoms with Gasteiger partial charge in [0.15, 0.2) is 0 Å². The van der Waals surface area contributed by atoms with Gasteiger partial charge in [0.05, 0.1) is 5.69 Å². The molecule has 6 aromatic carbocycles. The number of rotatable bonds is 3. The minimum absolute atomic E-state index is 1.16. The van der Waals surface area contributed by atoms with E-state index in [1.165, 1.54) is 58.7 Å². The monoisotopic (exact) mass is 465 g/mol. The zero-order valence-corrected chi connectivity index (χ0v) is 20.2. The molecule has 35 heavy (non-hydrogen) atoms. The lowest BCUT2D eigenvalue weighted by Gasteiger charge is -2.27. The van der Waals surface area contributed by atoms with E-state index in [4.69, 9.17) is 0 Å². The van der Waals surface area contributed by atoms with Crippen molar-refractivity contribution in [3.63, 3.8) is 0 Å². The molecule has 7 aromatic rings. The fourth-order valence-electron chi connectivity index (χ4n) is 5.26. The minimum atomic E-state index is 1.16. The molecule has 0 aliphatic heterocycles. The third-order valence-electron chi connectivity index (χ3n) is 6.84. The fourth-order valence-corrected chi connectivity index (χ4v) is 6.45. The molecule has 1 aromatic heterocycles. The van der Waals surface area contributed by atoms with Crippen molar-refractivity contribution in [2.45, 2.75) is 6.92 Å². The lowest BCUT2D eigenvalue weighted by molar-refractivity contribution is 1.29. The lowest BCUT2D eigenvalue weighted by Crippen LogP contribution is -2.10. The third kappa shape index (κ3) is 3.30. The van der Waals surface area contributed by atoms with Crippen LogP contribution in [0.5, 0.6) is 0 Å². The average Bonchev–Trinajstić information content (AvgIpc) is 3.25. The van der Waals surface area contributed by atoms with Crippen molar-refractivity contribution in [1.29, 1.82) is 0 Å². The topological polar surface area (TPSA) is 3.24 Å². The molecule has 0 radical (unpaired) electrons. The van der Waals surface area contributed by atoms with E-state index in [1.807, 2.05) is 11.3 Å². The molecular weight excluding hydrogens is 442 g/mol. The number of benzene rings is 6. The van der Waals surface area contributed by atoms with Gasteiger partial charge in [-0.1, -0.05) is 78.9 Å². The quantitative estimate of drug-likeness (QED) is 0.251. The Morgan fingerprint density at radius 2 is 1.20 bits per heavy atom. The molecule has 0 N–H and O–H groups in total. The van der Waals surface area contributed by atoms with E-state index >= 15 is 0 Å². The van der Waals surface area contributed by atoms with Crippen LogP contribution in [-0.2, 0) is 0 Å². The molecular formula is C33H23NS. The molecule has 1 nitrogen and oxygen atoms in total. The summed E-state index contributed by atoms with van der Waals surface area (Å²) < 4.78 is 2.65. The second-order valence-corrected chi connectivity index (χ2v) is 10.2. The van der Waals surface area contributed by atoms with Gasteiger partial charge in [-0.25, -0.2) is 0 Å². The van der Waals surface area contributed by atoms with Gasteiger partial charge in [-0.15, -0.1) is 11.3 Å². The maximum absolute atomic E-state index is 2.40. The molecule has 0 spiro atoms. The highest BCUT2D eigenvalue weighted by atomic mass is 32.1. The summed E-state index contributed by atoms with van der Waals surface area (Å²) in [6, 6.07) is 44.1. The first-order chi connectivity index (χ1) is 17.3. The summed E-state index contributed by atoms with van der Waals surface area (Å²) in [4.78, 5) is 2.40. The van der Waals surface area contributed by atoms with Crippen molar-refractivity contribution >= 4 is 70.1 Å². The van der Waals surface area contributed by atoms with E-state index in [0.29, 0.717) is 0 Å². The molecule has 2 heteroatoms. The van der Waals surface area contributed by atoms with Crippen molar-refractivity contribution in [1.82, 2.24) is 0 Å². The number of hydrogen-bond acceptors (Lipinski definition) is 2. The highest BCUT2D eigenvalue weighted by Gasteiger charge is 2.19. The number of para-hydroxylation sites is 1. The van der Waals surface area contributed by atoms with Crippen molar-refractivity contribution in [3.05, 3.63) is 127 Å². The second kappa shape index (κ2) is 7.97. The predicted octanol–water partition coefficient (Wildman–Crippen LogP) is 10.1. The molecule has 0 saturated heterocycles. The van der Waals surface area contributed by atoms with Gasteiger partial charge in [0.1, 0.15) is 0 Å². The van der Waals surface area contributed by atoms with E-state index < -0.39 is 0 Å². The van der Waals surface area contributed by atoms with Gasteiger partial charge < -0.3 is 4.90 Å². The van der Waals surface area contributed by atoms with Crippen LogP contribution in [0.3, 0.4) is 0 Å². The van der Waals surface area contributed by atoms with E-state index in [0.717, 1.165) is 5.69 Å². The van der Waals surface area contributed by atoms with Crippen LogP contribution >= 0.6 is 11.3 Å². The zero-order chi connectivity index (χ0) is 23.4. The van der Waals surface area contributed by atoms with E-state index in [1.54, 1.807) is 0 Å². The summed E-state index contributed by atoms with van der Waals surface area (Å²) in [6.07, 6.45) is 0. The maximum Gasteiger partial charge on any atom is 0.0554 e. The van der Waals surface area contributed by atoms with Crippen LogP contribution in [0.1, 0.15) is 5.56 Å². The van der Waals surface area contributed by atoms with Gasteiger partial charge in [-0.3, -0.25) is 0 Å². The Labute approximate surface area is 208 Å². The molecule has 0 unspecified atom stereocenters. The Bertz CT molecular complexity index is 1860. The standard InChI is InChI=1S/C33H23NS/c1-22-10-9-15-26(18-22)34(25-13-3-2-4-14-25)30-21-32-33(28-17-8-7-16-27(28)30)29-19-23-11-5-6-12-24(23)20-31(29)35-32/h2-21H,1H3. The van der Waals surface area contributed by atoms with Crippen LogP contribution < -0.4 is 4.90 Å². The molecule has 7 rings (SSSR count). The minimum Gasteiger partial charge on any atom is -0.310 e. The van der Waals surface area contributed by atoms with Crippen LogP contribution in [0.25, 0.3) is 41.7 Å². The zero-order valence-electron chi connectivity index (χ0n) is 19.4. The van der Waals surface area contributed by atoms with Crippen LogP contribution in [0.15, 0.2) is 121 Å². The summed E-state index contributed by atoms with van der Waals surface area (Å²) in [7, 11) is 0. The van der Waals surface area contributed by atoms with E-state index in [2.05, 4.69) is 133 Å². The van der Waals surface area contributed by atoms with Gasteiger partial charge in [-0.2, -0.15) is 0 Å². The summed E-state index contributed by atoms with van der Waals surface area (Å²) in [5.74, 6) is 0. The van der Waals surface area contributed by atoms with Crippen LogP contribution in [0, 0.1) is 6.92 Å². The Morgan fingerprint density at radius 1 is 0.514 bits per heavy atom. The fraction of sp³-hybridized carbons (Fsp3) is 0.0303. The van der Waals surface area contributed by atoms with Gasteiger partial charge in [0.2, 0.25) is 0 Å². The Morgan fingerprint density at radius 3 is 2.00 bits per heavy atom. The molecule has 0 atom stereocenters. The SMILES string of the molecule is Cc1cccc(N(c2ccccc2)c2cc3sc4cc5ccccc5cc4c3c3ccccc23)c1. The van der Waals surface area contributed by atoms with Crippen molar-refractivity contribution in [2.75, 3.05) is 4.90 Å². The smallest absolute Gasteiger partial charge is 0.0554 e.